The van der Waals surface area contributed by atoms with Gasteiger partial charge >= 0.3 is 5.63 Å². The fourth-order valence-electron chi connectivity index (χ4n) is 4.21. The maximum atomic E-state index is 12.0. The molecule has 2 saturated heterocycles. The van der Waals surface area contributed by atoms with Gasteiger partial charge in [0.15, 0.2) is 0 Å². The summed E-state index contributed by atoms with van der Waals surface area (Å²) < 4.78 is 11.5. The Kier molecular flexibility index (Phi) is 4.40. The third kappa shape index (κ3) is 3.36. The Hall–Kier alpha value is -1.69. The third-order valence-corrected chi connectivity index (χ3v) is 5.53. The highest BCUT2D eigenvalue weighted by atomic mass is 16.5. The second kappa shape index (κ2) is 6.56. The largest absolute Gasteiger partial charge is 0.423 e. The molecule has 2 aliphatic rings. The smallest absolute Gasteiger partial charge is 0.336 e. The molecule has 1 aromatic carbocycles. The highest BCUT2D eigenvalue weighted by Gasteiger charge is 2.41. The molecule has 25 heavy (non-hydrogen) atoms. The Morgan fingerprint density at radius 1 is 1.20 bits per heavy atom. The summed E-state index contributed by atoms with van der Waals surface area (Å²) >= 11 is 0. The number of ether oxygens (including phenoxy) is 1. The van der Waals surface area contributed by atoms with Crippen molar-refractivity contribution < 1.29 is 9.15 Å². The monoisotopic (exact) mass is 342 g/mol. The van der Waals surface area contributed by atoms with Crippen LogP contribution in [0.1, 0.15) is 24.5 Å². The van der Waals surface area contributed by atoms with Crippen LogP contribution in [0.4, 0.5) is 0 Å². The number of hydrogen-bond acceptors (Lipinski definition) is 5. The van der Waals surface area contributed by atoms with Gasteiger partial charge in [-0.1, -0.05) is 13.0 Å². The lowest BCUT2D eigenvalue weighted by atomic mass is 10.0. The van der Waals surface area contributed by atoms with Crippen LogP contribution in [-0.4, -0.2) is 55.2 Å². The summed E-state index contributed by atoms with van der Waals surface area (Å²) in [6, 6.07) is 7.76. The van der Waals surface area contributed by atoms with Crippen LogP contribution in [0.3, 0.4) is 0 Å². The first-order chi connectivity index (χ1) is 12.1. The molecule has 2 aromatic rings. The third-order valence-electron chi connectivity index (χ3n) is 5.53. The molecule has 5 nitrogen and oxygen atoms in total. The van der Waals surface area contributed by atoms with E-state index in [2.05, 4.69) is 29.8 Å². The number of likely N-dealkylation sites (tertiary alicyclic amines) is 1. The molecule has 0 bridgehead atoms. The molecule has 0 amide bonds. The van der Waals surface area contributed by atoms with E-state index in [0.717, 1.165) is 63.1 Å². The van der Waals surface area contributed by atoms with E-state index in [1.165, 1.54) is 5.56 Å². The van der Waals surface area contributed by atoms with Crippen molar-refractivity contribution in [2.75, 3.05) is 39.8 Å². The topological polar surface area (TPSA) is 45.9 Å². The molecule has 2 aliphatic heterocycles. The first kappa shape index (κ1) is 16.8. The number of fused-ring (bicyclic) bond motifs is 1. The Morgan fingerprint density at radius 2 is 2.08 bits per heavy atom. The summed E-state index contributed by atoms with van der Waals surface area (Å²) in [6.45, 7) is 7.63. The summed E-state index contributed by atoms with van der Waals surface area (Å²) in [5, 5.41) is 1.06. The van der Waals surface area contributed by atoms with Crippen molar-refractivity contribution in [1.82, 2.24) is 9.80 Å². The molecule has 1 spiro atoms. The minimum absolute atomic E-state index is 0.0448. The van der Waals surface area contributed by atoms with E-state index in [1.807, 2.05) is 12.1 Å². The second-order valence-electron chi connectivity index (χ2n) is 7.50. The van der Waals surface area contributed by atoms with Crippen LogP contribution in [0.5, 0.6) is 0 Å². The minimum Gasteiger partial charge on any atom is -0.423 e. The number of aryl methyl sites for hydroxylation is 1. The van der Waals surface area contributed by atoms with Gasteiger partial charge in [0, 0.05) is 44.2 Å². The average molecular weight is 342 g/mol. The number of benzene rings is 1. The maximum absolute atomic E-state index is 12.0. The van der Waals surface area contributed by atoms with Crippen LogP contribution in [0.2, 0.25) is 0 Å². The van der Waals surface area contributed by atoms with E-state index in [-0.39, 0.29) is 11.2 Å². The summed E-state index contributed by atoms with van der Waals surface area (Å²) in [5.41, 5.74) is 2.69. The molecule has 4 rings (SSSR count). The van der Waals surface area contributed by atoms with Gasteiger partial charge in [-0.3, -0.25) is 4.90 Å². The Labute approximate surface area is 148 Å². The van der Waals surface area contributed by atoms with Crippen molar-refractivity contribution >= 4 is 11.0 Å². The van der Waals surface area contributed by atoms with Gasteiger partial charge < -0.3 is 14.1 Å². The molecule has 1 atom stereocenters. The first-order valence-corrected chi connectivity index (χ1v) is 9.17. The molecule has 0 aliphatic carbocycles. The normalized spacial score (nSPS) is 25.2. The minimum atomic E-state index is -0.269. The van der Waals surface area contributed by atoms with Gasteiger partial charge in [-0.15, -0.1) is 0 Å². The van der Waals surface area contributed by atoms with Gasteiger partial charge in [0.1, 0.15) is 5.58 Å². The van der Waals surface area contributed by atoms with E-state index in [4.69, 9.17) is 9.15 Å². The van der Waals surface area contributed by atoms with Gasteiger partial charge in [0.2, 0.25) is 0 Å². The zero-order valence-electron chi connectivity index (χ0n) is 15.1. The van der Waals surface area contributed by atoms with Gasteiger partial charge in [0.25, 0.3) is 0 Å². The molecule has 1 unspecified atom stereocenters. The number of rotatable bonds is 3. The van der Waals surface area contributed by atoms with Crippen molar-refractivity contribution in [3.8, 4) is 0 Å². The Bertz CT molecular complexity index is 831. The predicted octanol–water partition coefficient (Wildman–Crippen LogP) is 2.26. The molecular weight excluding hydrogens is 316 g/mol. The number of hydrogen-bond donors (Lipinski definition) is 0. The van der Waals surface area contributed by atoms with Crippen molar-refractivity contribution in [1.29, 1.82) is 0 Å². The van der Waals surface area contributed by atoms with Gasteiger partial charge in [0.05, 0.1) is 12.2 Å². The predicted molar refractivity (Wildman–Crippen MR) is 97.9 cm³/mol. The lowest BCUT2D eigenvalue weighted by Crippen LogP contribution is -2.51. The summed E-state index contributed by atoms with van der Waals surface area (Å²) in [4.78, 5) is 16.7. The lowest BCUT2D eigenvalue weighted by Gasteiger charge is -2.38. The summed E-state index contributed by atoms with van der Waals surface area (Å²) in [7, 11) is 2.16. The molecule has 134 valence electrons. The van der Waals surface area contributed by atoms with Crippen molar-refractivity contribution in [2.24, 2.45) is 0 Å². The fourth-order valence-corrected chi connectivity index (χ4v) is 4.21. The average Bonchev–Trinajstić information content (AvgIpc) is 2.96. The van der Waals surface area contributed by atoms with Gasteiger partial charge in [-0.2, -0.15) is 0 Å². The SMILES string of the molecule is CCc1ccc2oc(=O)cc(CN3CCC4(CN(C)CCO4)C3)c2c1. The molecule has 2 fully saturated rings. The zero-order chi connectivity index (χ0) is 17.4. The van der Waals surface area contributed by atoms with Crippen molar-refractivity contribution in [3.05, 3.63) is 45.8 Å². The maximum Gasteiger partial charge on any atom is 0.336 e. The fraction of sp³-hybridized carbons (Fsp3) is 0.550. The van der Waals surface area contributed by atoms with Gasteiger partial charge in [-0.25, -0.2) is 4.79 Å². The molecule has 3 heterocycles. The quantitative estimate of drug-likeness (QED) is 0.801. The highest BCUT2D eigenvalue weighted by Crippen LogP contribution is 2.30. The summed E-state index contributed by atoms with van der Waals surface area (Å²) in [6.07, 6.45) is 2.03. The van der Waals surface area contributed by atoms with Crippen LogP contribution in [0, 0.1) is 0 Å². The zero-order valence-corrected chi connectivity index (χ0v) is 15.1. The molecular formula is C20H26N2O3. The Balaban J connectivity index is 1.59. The van der Waals surface area contributed by atoms with E-state index in [1.54, 1.807) is 6.07 Å². The molecule has 1 aromatic heterocycles. The van der Waals surface area contributed by atoms with Crippen molar-refractivity contribution in [3.63, 3.8) is 0 Å². The van der Waals surface area contributed by atoms with Crippen LogP contribution in [0.15, 0.2) is 33.5 Å². The van der Waals surface area contributed by atoms with E-state index in [9.17, 15) is 4.79 Å². The molecule has 0 radical (unpaired) electrons. The van der Waals surface area contributed by atoms with Crippen LogP contribution in [0.25, 0.3) is 11.0 Å². The van der Waals surface area contributed by atoms with E-state index in [0.29, 0.717) is 5.58 Å². The van der Waals surface area contributed by atoms with Crippen LogP contribution >= 0.6 is 0 Å². The van der Waals surface area contributed by atoms with Crippen molar-refractivity contribution in [2.45, 2.75) is 31.9 Å². The van der Waals surface area contributed by atoms with Crippen LogP contribution in [-0.2, 0) is 17.7 Å². The van der Waals surface area contributed by atoms with Gasteiger partial charge in [-0.05, 0) is 43.1 Å². The molecule has 0 saturated carbocycles. The Morgan fingerprint density at radius 3 is 2.88 bits per heavy atom. The van der Waals surface area contributed by atoms with Crippen LogP contribution < -0.4 is 5.63 Å². The standard InChI is InChI=1S/C20H26N2O3/c1-3-15-4-5-18-17(10-15)16(11-19(23)25-18)12-22-7-6-20(14-22)13-21(2)8-9-24-20/h4-5,10-11H,3,6-9,12-14H2,1-2H3. The number of nitrogens with zero attached hydrogens (tertiary/aromatic N) is 2. The van der Waals surface area contributed by atoms with E-state index < -0.39 is 0 Å². The molecule has 5 heteroatoms. The summed E-state index contributed by atoms with van der Waals surface area (Å²) in [5.74, 6) is 0. The molecule has 0 N–H and O–H groups in total. The highest BCUT2D eigenvalue weighted by molar-refractivity contribution is 5.80. The number of likely N-dealkylation sites (N-methyl/N-ethyl adjacent to an activating group) is 1. The first-order valence-electron chi connectivity index (χ1n) is 9.17. The lowest BCUT2D eigenvalue weighted by molar-refractivity contribution is -0.0950. The number of morpholine rings is 1. The van der Waals surface area contributed by atoms with E-state index >= 15 is 0 Å². The second-order valence-corrected chi connectivity index (χ2v) is 7.50.